The third kappa shape index (κ3) is 5.10. The van der Waals surface area contributed by atoms with Gasteiger partial charge in [0, 0.05) is 16.1 Å². The van der Waals surface area contributed by atoms with Crippen molar-refractivity contribution in [3.05, 3.63) is 64.0 Å². The first kappa shape index (κ1) is 19.0. The molecular formula is C20H18F2N2O2S. The van der Waals surface area contributed by atoms with E-state index < -0.39 is 6.61 Å². The highest BCUT2D eigenvalue weighted by molar-refractivity contribution is 7.12. The van der Waals surface area contributed by atoms with Crippen LogP contribution in [0.5, 0.6) is 5.75 Å². The van der Waals surface area contributed by atoms with Gasteiger partial charge < -0.3 is 10.1 Å². The Morgan fingerprint density at radius 1 is 1.19 bits per heavy atom. The minimum Gasteiger partial charge on any atom is -0.435 e. The van der Waals surface area contributed by atoms with E-state index in [-0.39, 0.29) is 18.1 Å². The lowest BCUT2D eigenvalue weighted by atomic mass is 10.1. The minimum absolute atomic E-state index is 0.0967. The third-order valence-corrected chi connectivity index (χ3v) is 4.78. The van der Waals surface area contributed by atoms with Gasteiger partial charge in [-0.05, 0) is 55.8 Å². The Kier molecular flexibility index (Phi) is 5.81. The molecule has 7 heteroatoms. The van der Waals surface area contributed by atoms with Crippen molar-refractivity contribution in [2.75, 3.05) is 5.32 Å². The quantitative estimate of drug-likeness (QED) is 0.631. The van der Waals surface area contributed by atoms with Crippen molar-refractivity contribution in [1.29, 1.82) is 0 Å². The monoisotopic (exact) mass is 388 g/mol. The molecule has 1 aromatic heterocycles. The standard InChI is InChI=1S/C20H18F2N2O2S/c1-12-4-3-5-15(10-12)23-17(25)11-18-24-19(13(2)27-18)14-6-8-16(9-7-14)26-20(21)22/h3-10,20H,11H2,1-2H3,(H,23,25). The van der Waals surface area contributed by atoms with E-state index in [1.165, 1.54) is 23.5 Å². The summed E-state index contributed by atoms with van der Waals surface area (Å²) in [4.78, 5) is 17.8. The molecule has 140 valence electrons. The van der Waals surface area contributed by atoms with Gasteiger partial charge >= 0.3 is 6.61 Å². The van der Waals surface area contributed by atoms with E-state index in [1.54, 1.807) is 12.1 Å². The van der Waals surface area contributed by atoms with Crippen molar-refractivity contribution in [1.82, 2.24) is 4.98 Å². The number of ether oxygens (including phenoxy) is 1. The summed E-state index contributed by atoms with van der Waals surface area (Å²) in [5.74, 6) is -0.0408. The van der Waals surface area contributed by atoms with E-state index in [0.29, 0.717) is 5.01 Å². The lowest BCUT2D eigenvalue weighted by Crippen LogP contribution is -2.14. The van der Waals surface area contributed by atoms with Gasteiger partial charge in [0.15, 0.2) is 0 Å². The van der Waals surface area contributed by atoms with Gasteiger partial charge in [0.1, 0.15) is 10.8 Å². The maximum Gasteiger partial charge on any atom is 0.387 e. The molecular weight excluding hydrogens is 370 g/mol. The molecule has 0 spiro atoms. The second-order valence-corrected chi connectivity index (χ2v) is 7.30. The molecule has 0 aliphatic heterocycles. The highest BCUT2D eigenvalue weighted by Gasteiger charge is 2.14. The van der Waals surface area contributed by atoms with Crippen LogP contribution in [0, 0.1) is 13.8 Å². The normalized spacial score (nSPS) is 10.9. The van der Waals surface area contributed by atoms with Crippen molar-refractivity contribution < 1.29 is 18.3 Å². The molecule has 0 unspecified atom stereocenters. The molecule has 1 heterocycles. The van der Waals surface area contributed by atoms with Gasteiger partial charge in [-0.1, -0.05) is 12.1 Å². The van der Waals surface area contributed by atoms with Crippen LogP contribution in [0.1, 0.15) is 15.4 Å². The van der Waals surface area contributed by atoms with Crippen LogP contribution in [-0.2, 0) is 11.2 Å². The maximum atomic E-state index is 12.3. The number of anilines is 1. The van der Waals surface area contributed by atoms with Gasteiger partial charge in [-0.2, -0.15) is 8.78 Å². The van der Waals surface area contributed by atoms with Gasteiger partial charge in [0.05, 0.1) is 12.1 Å². The molecule has 0 radical (unpaired) electrons. The van der Waals surface area contributed by atoms with Crippen LogP contribution in [0.2, 0.25) is 0 Å². The Labute approximate surface area is 159 Å². The van der Waals surface area contributed by atoms with Gasteiger partial charge in [-0.15, -0.1) is 11.3 Å². The molecule has 0 atom stereocenters. The zero-order valence-corrected chi connectivity index (χ0v) is 15.6. The van der Waals surface area contributed by atoms with Crippen LogP contribution >= 0.6 is 11.3 Å². The summed E-state index contributed by atoms with van der Waals surface area (Å²) in [5.41, 5.74) is 3.35. The molecule has 0 saturated heterocycles. The van der Waals surface area contributed by atoms with Crippen LogP contribution in [-0.4, -0.2) is 17.5 Å². The minimum atomic E-state index is -2.85. The lowest BCUT2D eigenvalue weighted by Gasteiger charge is -2.05. The Bertz CT molecular complexity index is 939. The number of nitrogens with one attached hydrogen (secondary N) is 1. The Balaban J connectivity index is 1.69. The zero-order valence-electron chi connectivity index (χ0n) is 14.8. The fourth-order valence-electron chi connectivity index (χ4n) is 2.65. The Morgan fingerprint density at radius 3 is 2.59 bits per heavy atom. The average molecular weight is 388 g/mol. The molecule has 3 rings (SSSR count). The number of aryl methyl sites for hydroxylation is 2. The average Bonchev–Trinajstić information content (AvgIpc) is 2.95. The van der Waals surface area contributed by atoms with Crippen molar-refractivity contribution in [2.24, 2.45) is 0 Å². The second kappa shape index (κ2) is 8.26. The number of hydrogen-bond donors (Lipinski definition) is 1. The molecule has 4 nitrogen and oxygen atoms in total. The number of thiazole rings is 1. The van der Waals surface area contributed by atoms with E-state index in [0.717, 1.165) is 27.4 Å². The number of carbonyl (C=O) groups excluding carboxylic acids is 1. The highest BCUT2D eigenvalue weighted by atomic mass is 32.1. The molecule has 0 aliphatic rings. The molecule has 2 aromatic carbocycles. The fraction of sp³-hybridized carbons (Fsp3) is 0.200. The van der Waals surface area contributed by atoms with E-state index >= 15 is 0 Å². The first-order valence-electron chi connectivity index (χ1n) is 8.29. The van der Waals surface area contributed by atoms with Crippen molar-refractivity contribution in [3.63, 3.8) is 0 Å². The molecule has 3 aromatic rings. The molecule has 0 bridgehead atoms. The van der Waals surface area contributed by atoms with E-state index in [4.69, 9.17) is 0 Å². The number of alkyl halides is 2. The van der Waals surface area contributed by atoms with E-state index in [2.05, 4.69) is 15.0 Å². The fourth-order valence-corrected chi connectivity index (χ4v) is 3.61. The second-order valence-electron chi connectivity index (χ2n) is 6.01. The van der Waals surface area contributed by atoms with Crippen LogP contribution in [0.25, 0.3) is 11.3 Å². The number of amides is 1. The number of halogens is 2. The first-order valence-corrected chi connectivity index (χ1v) is 9.10. The number of rotatable bonds is 6. The predicted molar refractivity (Wildman–Crippen MR) is 102 cm³/mol. The van der Waals surface area contributed by atoms with E-state index in [9.17, 15) is 13.6 Å². The lowest BCUT2D eigenvalue weighted by molar-refractivity contribution is -0.115. The van der Waals surface area contributed by atoms with Gasteiger partial charge in [-0.3, -0.25) is 4.79 Å². The highest BCUT2D eigenvalue weighted by Crippen LogP contribution is 2.29. The summed E-state index contributed by atoms with van der Waals surface area (Å²) in [5, 5.41) is 3.56. The van der Waals surface area contributed by atoms with Crippen molar-refractivity contribution in [3.8, 4) is 17.0 Å². The predicted octanol–water partition coefficient (Wildman–Crippen LogP) is 5.21. The van der Waals surface area contributed by atoms with Crippen LogP contribution < -0.4 is 10.1 Å². The number of hydrogen-bond acceptors (Lipinski definition) is 4. The topological polar surface area (TPSA) is 51.2 Å². The Hall–Kier alpha value is -2.80. The first-order chi connectivity index (χ1) is 12.9. The molecule has 27 heavy (non-hydrogen) atoms. The third-order valence-electron chi connectivity index (χ3n) is 3.81. The molecule has 0 saturated carbocycles. The summed E-state index contributed by atoms with van der Waals surface area (Å²) < 4.78 is 28.8. The molecule has 1 amide bonds. The number of carbonyl (C=O) groups is 1. The summed E-state index contributed by atoms with van der Waals surface area (Å²) >= 11 is 1.44. The van der Waals surface area contributed by atoms with Crippen LogP contribution in [0.15, 0.2) is 48.5 Å². The van der Waals surface area contributed by atoms with Gasteiger partial charge in [0.25, 0.3) is 0 Å². The van der Waals surface area contributed by atoms with E-state index in [1.807, 2.05) is 38.1 Å². The zero-order chi connectivity index (χ0) is 19.4. The summed E-state index contributed by atoms with van der Waals surface area (Å²) in [7, 11) is 0. The largest absolute Gasteiger partial charge is 0.435 e. The SMILES string of the molecule is Cc1cccc(NC(=O)Cc2nc(-c3ccc(OC(F)F)cc3)c(C)s2)c1. The van der Waals surface area contributed by atoms with Gasteiger partial charge in [0.2, 0.25) is 5.91 Å². The Morgan fingerprint density at radius 2 is 1.93 bits per heavy atom. The van der Waals surface area contributed by atoms with Crippen LogP contribution in [0.3, 0.4) is 0 Å². The van der Waals surface area contributed by atoms with Crippen molar-refractivity contribution >= 4 is 22.9 Å². The summed E-state index contributed by atoms with van der Waals surface area (Å²) in [6, 6.07) is 13.9. The smallest absolute Gasteiger partial charge is 0.387 e. The van der Waals surface area contributed by atoms with Gasteiger partial charge in [-0.25, -0.2) is 4.98 Å². The summed E-state index contributed by atoms with van der Waals surface area (Å²) in [6.07, 6.45) is 0.173. The molecule has 0 aliphatic carbocycles. The number of aromatic nitrogens is 1. The molecule has 0 fully saturated rings. The maximum absolute atomic E-state index is 12.3. The number of nitrogens with zero attached hydrogens (tertiary/aromatic N) is 1. The van der Waals surface area contributed by atoms with Crippen LogP contribution in [0.4, 0.5) is 14.5 Å². The van der Waals surface area contributed by atoms with Crippen molar-refractivity contribution in [2.45, 2.75) is 26.9 Å². The number of benzene rings is 2. The molecule has 1 N–H and O–H groups in total. The summed E-state index contributed by atoms with van der Waals surface area (Å²) in [6.45, 7) is 1.03.